The molecule has 0 spiro atoms. The maximum Gasteiger partial charge on any atom is 0.337 e. The summed E-state index contributed by atoms with van der Waals surface area (Å²) in [4.78, 5) is 25.9. The molecule has 5 heteroatoms. The summed E-state index contributed by atoms with van der Waals surface area (Å²) < 4.78 is 6.45. The Bertz CT molecular complexity index is 862. The Morgan fingerprint density at radius 1 is 1.33 bits per heavy atom. The first-order valence-corrected chi connectivity index (χ1v) is 10.1. The lowest BCUT2D eigenvalue weighted by molar-refractivity contribution is -0.138. The standard InChI is InChI=1S/C22H24INO3/c1-5-10-27-21(26)18-13(2)24-16-11-22(3,4)12-17(25)20(16)19(18)14-6-8-15(23)9-7-14/h5-9,19,24H,1,10-12H2,2-4H3/t19-/m1/s1. The van der Waals surface area contributed by atoms with Crippen molar-refractivity contribution in [1.29, 1.82) is 0 Å². The van der Waals surface area contributed by atoms with Crippen LogP contribution < -0.4 is 5.32 Å². The lowest BCUT2D eigenvalue weighted by Crippen LogP contribution is -2.38. The molecule has 0 aromatic heterocycles. The molecular formula is C22H24INO3. The Morgan fingerprint density at radius 2 is 2.00 bits per heavy atom. The number of hydrogen-bond donors (Lipinski definition) is 1. The van der Waals surface area contributed by atoms with Crippen molar-refractivity contribution in [2.24, 2.45) is 5.41 Å². The van der Waals surface area contributed by atoms with E-state index in [1.54, 1.807) is 6.08 Å². The van der Waals surface area contributed by atoms with Crippen LogP contribution in [-0.2, 0) is 14.3 Å². The molecule has 1 heterocycles. The van der Waals surface area contributed by atoms with Crippen molar-refractivity contribution in [2.45, 2.75) is 39.5 Å². The number of rotatable bonds is 4. The second kappa shape index (κ2) is 7.62. The van der Waals surface area contributed by atoms with Crippen molar-refractivity contribution < 1.29 is 14.3 Å². The summed E-state index contributed by atoms with van der Waals surface area (Å²) in [6, 6.07) is 7.97. The first-order valence-electron chi connectivity index (χ1n) is 9.01. The Balaban J connectivity index is 2.14. The average molecular weight is 477 g/mol. The molecule has 1 aromatic carbocycles. The summed E-state index contributed by atoms with van der Waals surface area (Å²) in [6.07, 6.45) is 2.80. The molecular weight excluding hydrogens is 453 g/mol. The average Bonchev–Trinajstić information content (AvgIpc) is 2.58. The fraction of sp³-hybridized carbons (Fsp3) is 0.364. The minimum Gasteiger partial charge on any atom is -0.458 e. The molecule has 3 rings (SSSR count). The summed E-state index contributed by atoms with van der Waals surface area (Å²) >= 11 is 2.25. The zero-order chi connectivity index (χ0) is 19.8. The maximum absolute atomic E-state index is 13.1. The van der Waals surface area contributed by atoms with E-state index < -0.39 is 11.9 Å². The van der Waals surface area contributed by atoms with Crippen molar-refractivity contribution in [3.63, 3.8) is 0 Å². The molecule has 1 aliphatic carbocycles. The van der Waals surface area contributed by atoms with Crippen LogP contribution in [0.3, 0.4) is 0 Å². The van der Waals surface area contributed by atoms with Gasteiger partial charge in [0.15, 0.2) is 5.78 Å². The van der Waals surface area contributed by atoms with E-state index in [0.29, 0.717) is 17.6 Å². The molecule has 1 atom stereocenters. The number of carbonyl (C=O) groups is 2. The van der Waals surface area contributed by atoms with Crippen LogP contribution in [-0.4, -0.2) is 18.4 Å². The summed E-state index contributed by atoms with van der Waals surface area (Å²) in [5.74, 6) is -0.717. The number of allylic oxidation sites excluding steroid dienone is 3. The highest BCUT2D eigenvalue weighted by Crippen LogP contribution is 2.46. The topological polar surface area (TPSA) is 55.4 Å². The highest BCUT2D eigenvalue weighted by Gasteiger charge is 2.43. The predicted octanol–water partition coefficient (Wildman–Crippen LogP) is 4.62. The summed E-state index contributed by atoms with van der Waals surface area (Å²) in [5.41, 5.74) is 3.72. The number of Topliss-reactive ketones (excluding diaryl/α,β-unsaturated/α-hetero) is 1. The van der Waals surface area contributed by atoms with Crippen LogP contribution in [0.5, 0.6) is 0 Å². The van der Waals surface area contributed by atoms with Gasteiger partial charge < -0.3 is 10.1 Å². The van der Waals surface area contributed by atoms with Gasteiger partial charge >= 0.3 is 5.97 Å². The van der Waals surface area contributed by atoms with Gasteiger partial charge in [0.2, 0.25) is 0 Å². The van der Waals surface area contributed by atoms with Crippen molar-refractivity contribution in [2.75, 3.05) is 6.61 Å². The number of benzene rings is 1. The number of ketones is 1. The Hall–Kier alpha value is -1.89. The molecule has 0 radical (unpaired) electrons. The summed E-state index contributed by atoms with van der Waals surface area (Å²) in [7, 11) is 0. The largest absolute Gasteiger partial charge is 0.458 e. The van der Waals surface area contributed by atoms with E-state index in [-0.39, 0.29) is 17.8 Å². The molecule has 2 aliphatic rings. The predicted molar refractivity (Wildman–Crippen MR) is 114 cm³/mol. The maximum atomic E-state index is 13.1. The van der Waals surface area contributed by atoms with Gasteiger partial charge in [-0.3, -0.25) is 4.79 Å². The van der Waals surface area contributed by atoms with Gasteiger partial charge in [0, 0.05) is 32.9 Å². The minimum absolute atomic E-state index is 0.0961. The van der Waals surface area contributed by atoms with Gasteiger partial charge in [-0.15, -0.1) is 0 Å². The number of hydrogen-bond acceptors (Lipinski definition) is 4. The molecule has 0 fully saturated rings. The van der Waals surface area contributed by atoms with Crippen LogP contribution in [0.25, 0.3) is 0 Å². The smallest absolute Gasteiger partial charge is 0.337 e. The Labute approximate surface area is 173 Å². The van der Waals surface area contributed by atoms with Crippen LogP contribution in [0.4, 0.5) is 0 Å². The first-order chi connectivity index (χ1) is 12.7. The first kappa shape index (κ1) is 19.9. The number of dihydropyridines is 1. The molecule has 0 bridgehead atoms. The fourth-order valence-corrected chi connectivity index (χ4v) is 4.27. The van der Waals surface area contributed by atoms with Crippen LogP contribution >= 0.6 is 22.6 Å². The van der Waals surface area contributed by atoms with E-state index >= 15 is 0 Å². The Morgan fingerprint density at radius 3 is 2.63 bits per heavy atom. The van der Waals surface area contributed by atoms with Crippen LogP contribution in [0.1, 0.15) is 45.1 Å². The molecule has 0 unspecified atom stereocenters. The molecule has 0 amide bonds. The SMILES string of the molecule is C=CCOC(=O)C1=C(C)NC2=C(C(=O)CC(C)(C)C2)[C@@H]1c1ccc(I)cc1. The molecule has 1 N–H and O–H groups in total. The molecule has 4 nitrogen and oxygen atoms in total. The quantitative estimate of drug-likeness (QED) is 0.391. The van der Waals surface area contributed by atoms with Gasteiger partial charge in [0.05, 0.1) is 5.57 Å². The molecule has 27 heavy (non-hydrogen) atoms. The number of halogens is 1. The van der Waals surface area contributed by atoms with Gasteiger partial charge in [-0.05, 0) is 59.0 Å². The lowest BCUT2D eigenvalue weighted by atomic mass is 9.68. The molecule has 1 aliphatic heterocycles. The monoisotopic (exact) mass is 477 g/mol. The van der Waals surface area contributed by atoms with E-state index in [1.165, 1.54) is 0 Å². The van der Waals surface area contributed by atoms with E-state index in [0.717, 1.165) is 26.9 Å². The third-order valence-electron chi connectivity index (χ3n) is 5.00. The van der Waals surface area contributed by atoms with E-state index in [4.69, 9.17) is 4.74 Å². The van der Waals surface area contributed by atoms with E-state index in [1.807, 2.05) is 31.2 Å². The third kappa shape index (κ3) is 4.03. The molecule has 0 saturated heterocycles. The third-order valence-corrected chi connectivity index (χ3v) is 5.71. The normalized spacial score (nSPS) is 21.5. The van der Waals surface area contributed by atoms with Crippen LogP contribution in [0.2, 0.25) is 0 Å². The zero-order valence-electron chi connectivity index (χ0n) is 15.9. The lowest BCUT2D eigenvalue weighted by Gasteiger charge is -2.39. The van der Waals surface area contributed by atoms with Gasteiger partial charge in [-0.25, -0.2) is 4.79 Å². The molecule has 1 aromatic rings. The summed E-state index contributed by atoms with van der Waals surface area (Å²) in [6.45, 7) is 9.82. The Kier molecular flexibility index (Phi) is 5.60. The second-order valence-electron chi connectivity index (χ2n) is 7.87. The van der Waals surface area contributed by atoms with Crippen molar-refractivity contribution in [3.8, 4) is 0 Å². The highest BCUT2D eigenvalue weighted by molar-refractivity contribution is 14.1. The van der Waals surface area contributed by atoms with Gasteiger partial charge in [0.1, 0.15) is 6.61 Å². The number of esters is 1. The molecule has 142 valence electrons. The van der Waals surface area contributed by atoms with Crippen molar-refractivity contribution in [3.05, 3.63) is 68.6 Å². The van der Waals surface area contributed by atoms with Gasteiger partial charge in [-0.1, -0.05) is 38.6 Å². The minimum atomic E-state index is -0.410. The van der Waals surface area contributed by atoms with E-state index in [9.17, 15) is 9.59 Å². The summed E-state index contributed by atoms with van der Waals surface area (Å²) in [5, 5.41) is 3.33. The molecule has 0 saturated carbocycles. The van der Waals surface area contributed by atoms with Crippen molar-refractivity contribution >= 4 is 34.3 Å². The van der Waals surface area contributed by atoms with Crippen LogP contribution in [0, 0.1) is 8.99 Å². The van der Waals surface area contributed by atoms with Crippen LogP contribution in [0.15, 0.2) is 59.5 Å². The number of ether oxygens (including phenoxy) is 1. The zero-order valence-corrected chi connectivity index (χ0v) is 18.1. The fourth-order valence-electron chi connectivity index (χ4n) is 3.91. The van der Waals surface area contributed by atoms with Crippen molar-refractivity contribution in [1.82, 2.24) is 5.32 Å². The van der Waals surface area contributed by atoms with Gasteiger partial charge in [-0.2, -0.15) is 0 Å². The number of nitrogens with one attached hydrogen (secondary N) is 1. The van der Waals surface area contributed by atoms with Gasteiger partial charge in [0.25, 0.3) is 0 Å². The number of carbonyl (C=O) groups excluding carboxylic acids is 2. The highest BCUT2D eigenvalue weighted by atomic mass is 127. The second-order valence-corrected chi connectivity index (χ2v) is 9.11. The van der Waals surface area contributed by atoms with E-state index in [2.05, 4.69) is 48.3 Å².